The van der Waals surface area contributed by atoms with Gasteiger partial charge in [-0.3, -0.25) is 0 Å². The van der Waals surface area contributed by atoms with Gasteiger partial charge in [-0.2, -0.15) is 11.8 Å². The lowest BCUT2D eigenvalue weighted by Crippen LogP contribution is -2.21. The van der Waals surface area contributed by atoms with Gasteiger partial charge in [0.2, 0.25) is 0 Å². The Morgan fingerprint density at radius 1 is 1.37 bits per heavy atom. The molecule has 4 heteroatoms. The minimum atomic E-state index is 0.203. The summed E-state index contributed by atoms with van der Waals surface area (Å²) in [5.74, 6) is 3.07. The first-order chi connectivity index (χ1) is 9.17. The van der Waals surface area contributed by atoms with E-state index in [9.17, 15) is 0 Å². The Balaban J connectivity index is 2.43. The zero-order chi connectivity index (χ0) is 14.1. The van der Waals surface area contributed by atoms with Gasteiger partial charge in [0.15, 0.2) is 0 Å². The van der Waals surface area contributed by atoms with Gasteiger partial charge in [0.1, 0.15) is 5.75 Å². The summed E-state index contributed by atoms with van der Waals surface area (Å²) in [6.45, 7) is 4.99. The van der Waals surface area contributed by atoms with Crippen LogP contribution < -0.4 is 10.5 Å². The molecule has 1 aromatic carbocycles. The van der Waals surface area contributed by atoms with Gasteiger partial charge in [-0.05, 0) is 48.5 Å². The van der Waals surface area contributed by atoms with E-state index in [1.165, 1.54) is 5.56 Å². The van der Waals surface area contributed by atoms with Crippen molar-refractivity contribution in [1.29, 1.82) is 0 Å². The Morgan fingerprint density at radius 3 is 2.79 bits per heavy atom. The largest absolute Gasteiger partial charge is 0.492 e. The van der Waals surface area contributed by atoms with E-state index in [4.69, 9.17) is 22.1 Å². The molecule has 0 saturated heterocycles. The lowest BCUT2D eigenvalue weighted by atomic mass is 10.0. The molecule has 1 aromatic rings. The second-order valence-electron chi connectivity index (χ2n) is 4.54. The predicted octanol–water partition coefficient (Wildman–Crippen LogP) is 4.14. The Hall–Kier alpha value is -0.380. The SMILES string of the molecule is CCSCCCOc1ccc(CC(N)CC)cc1Cl. The molecule has 0 aliphatic heterocycles. The molecule has 1 rings (SSSR count). The van der Waals surface area contributed by atoms with Crippen molar-refractivity contribution in [3.63, 3.8) is 0 Å². The highest BCUT2D eigenvalue weighted by atomic mass is 35.5. The van der Waals surface area contributed by atoms with E-state index < -0.39 is 0 Å². The van der Waals surface area contributed by atoms with Crippen molar-refractivity contribution >= 4 is 23.4 Å². The third-order valence-electron chi connectivity index (χ3n) is 2.91. The van der Waals surface area contributed by atoms with E-state index in [1.807, 2.05) is 23.9 Å². The van der Waals surface area contributed by atoms with Crippen LogP contribution in [0.15, 0.2) is 18.2 Å². The molecule has 0 radical (unpaired) electrons. The van der Waals surface area contributed by atoms with Crippen LogP contribution in [0, 0.1) is 0 Å². The molecule has 0 saturated carbocycles. The first kappa shape index (κ1) is 16.7. The van der Waals surface area contributed by atoms with Crippen LogP contribution in [-0.4, -0.2) is 24.2 Å². The summed E-state index contributed by atoms with van der Waals surface area (Å²) >= 11 is 8.16. The van der Waals surface area contributed by atoms with E-state index in [0.717, 1.165) is 43.1 Å². The second kappa shape index (κ2) is 9.51. The maximum Gasteiger partial charge on any atom is 0.137 e. The number of hydrogen-bond donors (Lipinski definition) is 1. The smallest absolute Gasteiger partial charge is 0.137 e. The minimum absolute atomic E-state index is 0.203. The topological polar surface area (TPSA) is 35.2 Å². The van der Waals surface area contributed by atoms with Gasteiger partial charge in [0, 0.05) is 6.04 Å². The maximum atomic E-state index is 6.23. The van der Waals surface area contributed by atoms with Crippen LogP contribution in [-0.2, 0) is 6.42 Å². The van der Waals surface area contributed by atoms with E-state index in [2.05, 4.69) is 19.9 Å². The summed E-state index contributed by atoms with van der Waals surface area (Å²) in [5, 5.41) is 0.684. The van der Waals surface area contributed by atoms with Gasteiger partial charge in [0.25, 0.3) is 0 Å². The average molecular weight is 302 g/mol. The molecule has 0 aromatic heterocycles. The van der Waals surface area contributed by atoms with E-state index in [1.54, 1.807) is 0 Å². The van der Waals surface area contributed by atoms with Crippen molar-refractivity contribution in [3.8, 4) is 5.75 Å². The molecule has 0 bridgehead atoms. The fraction of sp³-hybridized carbons (Fsp3) is 0.600. The summed E-state index contributed by atoms with van der Waals surface area (Å²) in [5.41, 5.74) is 7.12. The average Bonchev–Trinajstić information content (AvgIpc) is 2.40. The molecule has 0 aliphatic rings. The predicted molar refractivity (Wildman–Crippen MR) is 86.5 cm³/mol. The van der Waals surface area contributed by atoms with Crippen LogP contribution >= 0.6 is 23.4 Å². The molecule has 108 valence electrons. The second-order valence-corrected chi connectivity index (χ2v) is 6.34. The highest BCUT2D eigenvalue weighted by Crippen LogP contribution is 2.26. The van der Waals surface area contributed by atoms with Crippen LogP contribution in [0.2, 0.25) is 5.02 Å². The van der Waals surface area contributed by atoms with Crippen LogP contribution in [0.1, 0.15) is 32.3 Å². The molecule has 2 nitrogen and oxygen atoms in total. The summed E-state index contributed by atoms with van der Waals surface area (Å²) in [6.07, 6.45) is 2.89. The highest BCUT2D eigenvalue weighted by molar-refractivity contribution is 7.99. The first-order valence-corrected chi connectivity index (χ1v) is 8.45. The van der Waals surface area contributed by atoms with Crippen molar-refractivity contribution in [1.82, 2.24) is 0 Å². The molecule has 2 N–H and O–H groups in total. The molecule has 0 heterocycles. The summed E-state index contributed by atoms with van der Waals surface area (Å²) in [7, 11) is 0. The third-order valence-corrected chi connectivity index (χ3v) is 4.19. The summed E-state index contributed by atoms with van der Waals surface area (Å²) in [6, 6.07) is 6.17. The van der Waals surface area contributed by atoms with Crippen molar-refractivity contribution < 1.29 is 4.74 Å². The number of benzene rings is 1. The molecule has 0 aliphatic carbocycles. The summed E-state index contributed by atoms with van der Waals surface area (Å²) in [4.78, 5) is 0. The zero-order valence-electron chi connectivity index (χ0n) is 11.8. The highest BCUT2D eigenvalue weighted by Gasteiger charge is 2.06. The van der Waals surface area contributed by atoms with Crippen LogP contribution in [0.5, 0.6) is 5.75 Å². The number of halogens is 1. The first-order valence-electron chi connectivity index (χ1n) is 6.91. The molecule has 1 atom stereocenters. The van der Waals surface area contributed by atoms with Crippen LogP contribution in [0.4, 0.5) is 0 Å². The number of thioether (sulfide) groups is 1. The summed E-state index contributed by atoms with van der Waals surface area (Å²) < 4.78 is 5.69. The lowest BCUT2D eigenvalue weighted by molar-refractivity contribution is 0.319. The monoisotopic (exact) mass is 301 g/mol. The van der Waals surface area contributed by atoms with Gasteiger partial charge in [-0.25, -0.2) is 0 Å². The van der Waals surface area contributed by atoms with Gasteiger partial charge in [0.05, 0.1) is 11.6 Å². The van der Waals surface area contributed by atoms with Crippen LogP contribution in [0.25, 0.3) is 0 Å². The number of rotatable bonds is 9. The maximum absolute atomic E-state index is 6.23. The van der Waals surface area contributed by atoms with Crippen molar-refractivity contribution in [2.45, 2.75) is 39.2 Å². The molecule has 1 unspecified atom stereocenters. The fourth-order valence-electron chi connectivity index (χ4n) is 1.72. The minimum Gasteiger partial charge on any atom is -0.492 e. The van der Waals surface area contributed by atoms with Crippen molar-refractivity contribution in [2.24, 2.45) is 5.73 Å². The Bertz CT molecular complexity index is 373. The van der Waals surface area contributed by atoms with Crippen molar-refractivity contribution in [3.05, 3.63) is 28.8 Å². The van der Waals surface area contributed by atoms with E-state index in [0.29, 0.717) is 5.02 Å². The van der Waals surface area contributed by atoms with Crippen LogP contribution in [0.3, 0.4) is 0 Å². The number of ether oxygens (including phenoxy) is 1. The molecule has 0 amide bonds. The lowest BCUT2D eigenvalue weighted by Gasteiger charge is -2.12. The molecular weight excluding hydrogens is 278 g/mol. The molecular formula is C15H24ClNOS. The van der Waals surface area contributed by atoms with Gasteiger partial charge in [-0.1, -0.05) is 31.5 Å². The normalized spacial score (nSPS) is 12.4. The quantitative estimate of drug-likeness (QED) is 0.696. The molecule has 0 fully saturated rings. The van der Waals surface area contributed by atoms with Crippen molar-refractivity contribution in [2.75, 3.05) is 18.1 Å². The van der Waals surface area contributed by atoms with E-state index >= 15 is 0 Å². The van der Waals surface area contributed by atoms with Gasteiger partial charge in [-0.15, -0.1) is 0 Å². The molecule has 0 spiro atoms. The standard InChI is InChI=1S/C15H24ClNOS/c1-3-13(17)10-12-6-7-15(14(16)11-12)18-8-5-9-19-4-2/h6-7,11,13H,3-5,8-10,17H2,1-2H3. The van der Waals surface area contributed by atoms with Gasteiger partial charge < -0.3 is 10.5 Å². The number of hydrogen-bond acceptors (Lipinski definition) is 3. The Morgan fingerprint density at radius 2 is 2.16 bits per heavy atom. The Labute approximate surface area is 126 Å². The van der Waals surface area contributed by atoms with E-state index in [-0.39, 0.29) is 6.04 Å². The third kappa shape index (κ3) is 6.55. The Kier molecular flexibility index (Phi) is 8.35. The number of nitrogens with two attached hydrogens (primary N) is 1. The van der Waals surface area contributed by atoms with Gasteiger partial charge >= 0.3 is 0 Å². The zero-order valence-corrected chi connectivity index (χ0v) is 13.4. The molecule has 19 heavy (non-hydrogen) atoms. The fourth-order valence-corrected chi connectivity index (χ4v) is 2.59.